The second kappa shape index (κ2) is 6.00. The topological polar surface area (TPSA) is 114 Å². The number of carboxylic acid groups (broad SMARTS) is 1. The van der Waals surface area contributed by atoms with Gasteiger partial charge in [-0.2, -0.15) is 5.10 Å². The first-order chi connectivity index (χ1) is 9.78. The van der Waals surface area contributed by atoms with Crippen molar-refractivity contribution in [3.63, 3.8) is 0 Å². The Balaban J connectivity index is 2.23. The second-order valence-electron chi connectivity index (χ2n) is 3.87. The largest absolute Gasteiger partial charge is 0.480 e. The van der Waals surface area contributed by atoms with Crippen LogP contribution in [0.2, 0.25) is 5.15 Å². The monoisotopic (exact) mass is 394 g/mol. The van der Waals surface area contributed by atoms with Gasteiger partial charge in [0.25, 0.3) is 10.0 Å². The quantitative estimate of drug-likeness (QED) is 0.743. The first kappa shape index (κ1) is 15.7. The van der Waals surface area contributed by atoms with Crippen molar-refractivity contribution in [2.24, 2.45) is 0 Å². The van der Waals surface area contributed by atoms with Crippen LogP contribution in [-0.2, 0) is 21.4 Å². The average molecular weight is 396 g/mol. The molecule has 112 valence electrons. The molecule has 2 rings (SSSR count). The van der Waals surface area contributed by atoms with E-state index in [1.807, 2.05) is 0 Å². The van der Waals surface area contributed by atoms with Crippen molar-refractivity contribution in [2.45, 2.75) is 11.4 Å². The fraction of sp³-hybridized carbons (Fsp3) is 0.100. The highest BCUT2D eigenvalue weighted by Gasteiger charge is 2.18. The van der Waals surface area contributed by atoms with Gasteiger partial charge in [-0.15, -0.1) is 0 Å². The summed E-state index contributed by atoms with van der Waals surface area (Å²) in [5.74, 6) is -1.12. The van der Waals surface area contributed by atoms with Gasteiger partial charge in [-0.05, 0) is 22.0 Å². The van der Waals surface area contributed by atoms with Crippen molar-refractivity contribution in [1.82, 2.24) is 14.8 Å². The molecule has 0 radical (unpaired) electrons. The lowest BCUT2D eigenvalue weighted by atomic mass is 10.4. The van der Waals surface area contributed by atoms with Gasteiger partial charge in [-0.1, -0.05) is 11.6 Å². The minimum absolute atomic E-state index is 0.158. The third kappa shape index (κ3) is 3.93. The zero-order valence-electron chi connectivity index (χ0n) is 10.2. The smallest absolute Gasteiger partial charge is 0.325 e. The molecular formula is C10H8BrClN4O4S. The summed E-state index contributed by atoms with van der Waals surface area (Å²) in [5.41, 5.74) is 0.206. The maximum atomic E-state index is 12.1. The molecule has 0 saturated heterocycles. The summed E-state index contributed by atoms with van der Waals surface area (Å²) in [6.45, 7) is -0.427. The zero-order valence-corrected chi connectivity index (χ0v) is 13.4. The minimum atomic E-state index is -3.89. The number of pyridine rings is 1. The number of aliphatic carboxylic acids is 1. The highest BCUT2D eigenvalue weighted by atomic mass is 79.9. The number of halogens is 2. The lowest BCUT2D eigenvalue weighted by molar-refractivity contribution is -0.137. The summed E-state index contributed by atoms with van der Waals surface area (Å²) in [6.07, 6.45) is 3.44. The van der Waals surface area contributed by atoms with E-state index >= 15 is 0 Å². The Kier molecular flexibility index (Phi) is 4.49. The molecule has 0 bridgehead atoms. The standard InChI is InChI=1S/C10H8BrClN4O4S/c11-8-1-6(2-13-10(8)12)15-21(19,20)7-3-14-16(4-7)5-9(17)18/h1-4,15H,5H2,(H,17,18). The molecule has 0 spiro atoms. The van der Waals surface area contributed by atoms with Gasteiger partial charge in [-0.25, -0.2) is 13.4 Å². The average Bonchev–Trinajstić information content (AvgIpc) is 2.82. The van der Waals surface area contributed by atoms with Gasteiger partial charge in [0.2, 0.25) is 0 Å². The van der Waals surface area contributed by atoms with Crippen molar-refractivity contribution in [1.29, 1.82) is 0 Å². The number of nitrogens with zero attached hydrogens (tertiary/aromatic N) is 3. The molecule has 2 N–H and O–H groups in total. The van der Waals surface area contributed by atoms with E-state index in [2.05, 4.69) is 30.7 Å². The summed E-state index contributed by atoms with van der Waals surface area (Å²) >= 11 is 8.85. The molecule has 0 atom stereocenters. The van der Waals surface area contributed by atoms with Crippen molar-refractivity contribution in [2.75, 3.05) is 4.72 Å². The van der Waals surface area contributed by atoms with E-state index in [4.69, 9.17) is 16.7 Å². The number of carbonyl (C=O) groups is 1. The number of hydrogen-bond donors (Lipinski definition) is 2. The molecule has 0 aromatic carbocycles. The summed E-state index contributed by atoms with van der Waals surface area (Å²) in [5, 5.41) is 12.5. The van der Waals surface area contributed by atoms with E-state index in [0.717, 1.165) is 17.1 Å². The van der Waals surface area contributed by atoms with Crippen molar-refractivity contribution >= 4 is 49.2 Å². The van der Waals surface area contributed by atoms with Gasteiger partial charge in [0.05, 0.1) is 22.6 Å². The number of sulfonamides is 1. The summed E-state index contributed by atoms with van der Waals surface area (Å²) < 4.78 is 28.0. The Morgan fingerprint density at radius 2 is 2.19 bits per heavy atom. The van der Waals surface area contributed by atoms with E-state index in [1.165, 1.54) is 12.3 Å². The van der Waals surface area contributed by atoms with E-state index in [1.54, 1.807) is 0 Å². The fourth-order valence-electron chi connectivity index (χ4n) is 1.40. The lowest BCUT2D eigenvalue weighted by Gasteiger charge is -2.06. The Bertz CT molecular complexity index is 792. The number of carboxylic acids is 1. The first-order valence-corrected chi connectivity index (χ1v) is 8.01. The third-order valence-corrected chi connectivity index (χ3v) is 4.74. The van der Waals surface area contributed by atoms with Crippen LogP contribution < -0.4 is 4.72 Å². The highest BCUT2D eigenvalue weighted by Crippen LogP contribution is 2.24. The first-order valence-electron chi connectivity index (χ1n) is 5.36. The molecular weight excluding hydrogens is 388 g/mol. The molecule has 2 aromatic rings. The fourth-order valence-corrected chi connectivity index (χ4v) is 2.84. The van der Waals surface area contributed by atoms with E-state index in [0.29, 0.717) is 4.47 Å². The van der Waals surface area contributed by atoms with E-state index in [9.17, 15) is 13.2 Å². The Morgan fingerprint density at radius 1 is 1.48 bits per heavy atom. The van der Waals surface area contributed by atoms with E-state index in [-0.39, 0.29) is 15.7 Å². The number of aromatic nitrogens is 3. The molecule has 2 aromatic heterocycles. The highest BCUT2D eigenvalue weighted by molar-refractivity contribution is 9.10. The van der Waals surface area contributed by atoms with Crippen molar-refractivity contribution < 1.29 is 18.3 Å². The normalized spacial score (nSPS) is 11.3. The number of hydrogen-bond acceptors (Lipinski definition) is 5. The van der Waals surface area contributed by atoms with Crippen LogP contribution in [0.25, 0.3) is 0 Å². The number of nitrogens with one attached hydrogen (secondary N) is 1. The molecule has 21 heavy (non-hydrogen) atoms. The zero-order chi connectivity index (χ0) is 15.6. The van der Waals surface area contributed by atoms with Crippen LogP contribution in [0.1, 0.15) is 0 Å². The molecule has 0 unspecified atom stereocenters. The summed E-state index contributed by atoms with van der Waals surface area (Å²) in [4.78, 5) is 14.2. The number of anilines is 1. The Hall–Kier alpha value is -1.65. The lowest BCUT2D eigenvalue weighted by Crippen LogP contribution is -2.13. The third-order valence-electron chi connectivity index (χ3n) is 2.27. The van der Waals surface area contributed by atoms with Crippen LogP contribution in [0.4, 0.5) is 5.69 Å². The summed E-state index contributed by atoms with van der Waals surface area (Å²) in [7, 11) is -3.89. The SMILES string of the molecule is O=C(O)Cn1cc(S(=O)(=O)Nc2cnc(Cl)c(Br)c2)cn1. The van der Waals surface area contributed by atoms with Crippen molar-refractivity contribution in [3.05, 3.63) is 34.3 Å². The van der Waals surface area contributed by atoms with Gasteiger partial charge in [0.1, 0.15) is 16.6 Å². The van der Waals surface area contributed by atoms with E-state index < -0.39 is 22.5 Å². The molecule has 0 saturated carbocycles. The molecule has 0 aliphatic heterocycles. The van der Waals surface area contributed by atoms with Crippen molar-refractivity contribution in [3.8, 4) is 0 Å². The molecule has 2 heterocycles. The molecule has 0 aliphatic carbocycles. The Labute approximate surface area is 132 Å². The molecule has 0 aliphatic rings. The van der Waals surface area contributed by atoms with Gasteiger partial charge in [-0.3, -0.25) is 14.2 Å². The maximum Gasteiger partial charge on any atom is 0.325 e. The van der Waals surface area contributed by atoms with Gasteiger partial charge in [0.15, 0.2) is 0 Å². The molecule has 0 amide bonds. The van der Waals surface area contributed by atoms with Gasteiger partial charge >= 0.3 is 5.97 Å². The molecule has 0 fully saturated rings. The van der Waals surface area contributed by atoms with Crippen LogP contribution in [0.5, 0.6) is 0 Å². The predicted molar refractivity (Wildman–Crippen MR) is 77.6 cm³/mol. The maximum absolute atomic E-state index is 12.1. The van der Waals surface area contributed by atoms with Crippen LogP contribution in [0.15, 0.2) is 34.0 Å². The predicted octanol–water partition coefficient (Wildman–Crippen LogP) is 1.58. The van der Waals surface area contributed by atoms with Gasteiger partial charge < -0.3 is 5.11 Å². The van der Waals surface area contributed by atoms with Crippen LogP contribution >= 0.6 is 27.5 Å². The second-order valence-corrected chi connectivity index (χ2v) is 6.76. The Morgan fingerprint density at radius 3 is 2.81 bits per heavy atom. The van der Waals surface area contributed by atoms with Crippen LogP contribution in [-0.4, -0.2) is 34.3 Å². The molecule has 8 nitrogen and oxygen atoms in total. The minimum Gasteiger partial charge on any atom is -0.480 e. The van der Waals surface area contributed by atoms with Gasteiger partial charge in [0, 0.05) is 6.20 Å². The number of rotatable bonds is 5. The van der Waals surface area contributed by atoms with Crippen LogP contribution in [0.3, 0.4) is 0 Å². The van der Waals surface area contributed by atoms with Crippen LogP contribution in [0, 0.1) is 0 Å². The molecule has 11 heteroatoms. The summed E-state index contributed by atoms with van der Waals surface area (Å²) in [6, 6.07) is 1.45.